The van der Waals surface area contributed by atoms with E-state index in [2.05, 4.69) is 31.2 Å². The summed E-state index contributed by atoms with van der Waals surface area (Å²) >= 11 is 3.46. The Bertz CT molecular complexity index is 1050. The number of nitrogens with one attached hydrogen (secondary N) is 1. The van der Waals surface area contributed by atoms with Gasteiger partial charge >= 0.3 is 0 Å². The smallest absolute Gasteiger partial charge is 0.246 e. The Balaban J connectivity index is 1.41. The largest absolute Gasteiger partial charge is 0.394 e. The lowest BCUT2D eigenvalue weighted by Crippen LogP contribution is -2.51. The van der Waals surface area contributed by atoms with Crippen LogP contribution in [0.2, 0.25) is 0 Å². The molecule has 0 bridgehead atoms. The molecule has 2 fully saturated rings. The van der Waals surface area contributed by atoms with Crippen LogP contribution in [0.5, 0.6) is 0 Å². The Labute approximate surface area is 185 Å². The number of fused-ring (bicyclic) bond motifs is 1. The van der Waals surface area contributed by atoms with Gasteiger partial charge in [0.1, 0.15) is 17.3 Å². The maximum Gasteiger partial charge on any atom is 0.246 e. The number of aliphatic hydroxyl groups excluding tert-OH is 1. The van der Waals surface area contributed by atoms with Crippen LogP contribution < -0.4 is 15.1 Å². The molecular weight excluding hydrogens is 470 g/mol. The van der Waals surface area contributed by atoms with E-state index < -0.39 is 10.8 Å². The van der Waals surface area contributed by atoms with Crippen LogP contribution in [0.3, 0.4) is 0 Å². The van der Waals surface area contributed by atoms with Crippen LogP contribution in [0.4, 0.5) is 17.5 Å². The van der Waals surface area contributed by atoms with Crippen LogP contribution in [-0.4, -0.2) is 62.7 Å². The van der Waals surface area contributed by atoms with E-state index in [0.717, 1.165) is 28.7 Å². The summed E-state index contributed by atoms with van der Waals surface area (Å²) in [6.45, 7) is 1.33. The van der Waals surface area contributed by atoms with E-state index in [1.165, 1.54) is 0 Å². The van der Waals surface area contributed by atoms with Crippen molar-refractivity contribution in [1.82, 2.24) is 9.97 Å². The van der Waals surface area contributed by atoms with E-state index in [1.807, 2.05) is 29.2 Å². The molecule has 1 aliphatic carbocycles. The van der Waals surface area contributed by atoms with E-state index in [1.54, 1.807) is 4.90 Å². The zero-order valence-corrected chi connectivity index (χ0v) is 18.7. The summed E-state index contributed by atoms with van der Waals surface area (Å²) in [5.41, 5.74) is 1.26. The van der Waals surface area contributed by atoms with Gasteiger partial charge < -0.3 is 20.2 Å². The predicted molar refractivity (Wildman–Crippen MR) is 118 cm³/mol. The van der Waals surface area contributed by atoms with Gasteiger partial charge in [0.05, 0.1) is 28.6 Å². The Morgan fingerprint density at radius 3 is 2.80 bits per heavy atom. The molecule has 0 radical (unpaired) electrons. The molecule has 10 heteroatoms. The quantitative estimate of drug-likeness (QED) is 0.656. The molecule has 2 aliphatic heterocycles. The first-order valence-electron chi connectivity index (χ1n) is 9.97. The molecule has 3 aliphatic rings. The number of amides is 1. The molecule has 1 unspecified atom stereocenters. The summed E-state index contributed by atoms with van der Waals surface area (Å²) in [6.07, 6.45) is 2.34. The fourth-order valence-electron chi connectivity index (χ4n) is 3.90. The molecule has 1 amide bonds. The van der Waals surface area contributed by atoms with Gasteiger partial charge in [-0.3, -0.25) is 9.00 Å². The molecular formula is C20H22BrN5O3S. The van der Waals surface area contributed by atoms with Crippen molar-refractivity contribution in [2.75, 3.05) is 47.1 Å². The third kappa shape index (κ3) is 3.61. The number of hydrogen-bond acceptors (Lipinski definition) is 7. The van der Waals surface area contributed by atoms with Gasteiger partial charge in [-0.1, -0.05) is 22.0 Å². The summed E-state index contributed by atoms with van der Waals surface area (Å²) in [4.78, 5) is 26.5. The predicted octanol–water partition coefficient (Wildman–Crippen LogP) is 1.69. The third-order valence-corrected chi connectivity index (χ3v) is 7.79. The minimum absolute atomic E-state index is 0.0114. The number of anilines is 3. The molecule has 1 atom stereocenters. The SMILES string of the molecule is O=C1CN(c2nc3c(c(NC4(CO)CC4)n2)S(=O)CC3)CCN1c1cccc(Br)c1. The van der Waals surface area contributed by atoms with Crippen molar-refractivity contribution in [3.8, 4) is 0 Å². The minimum atomic E-state index is -1.14. The number of piperazine rings is 1. The molecule has 2 N–H and O–H groups in total. The number of hydrogen-bond donors (Lipinski definition) is 2. The molecule has 1 aromatic heterocycles. The highest BCUT2D eigenvalue weighted by atomic mass is 79.9. The van der Waals surface area contributed by atoms with Crippen LogP contribution in [0.25, 0.3) is 0 Å². The highest BCUT2D eigenvalue weighted by Crippen LogP contribution is 2.41. The number of carbonyl (C=O) groups excluding carboxylic acids is 1. The lowest BCUT2D eigenvalue weighted by molar-refractivity contribution is -0.117. The number of aromatic nitrogens is 2. The molecule has 3 heterocycles. The van der Waals surface area contributed by atoms with E-state index in [9.17, 15) is 14.1 Å². The highest BCUT2D eigenvalue weighted by Gasteiger charge is 2.44. The average Bonchev–Trinajstić information content (AvgIpc) is 3.41. The molecule has 5 rings (SSSR count). The first kappa shape index (κ1) is 19.9. The van der Waals surface area contributed by atoms with Gasteiger partial charge in [-0.2, -0.15) is 4.98 Å². The van der Waals surface area contributed by atoms with E-state index in [4.69, 9.17) is 0 Å². The van der Waals surface area contributed by atoms with E-state index in [-0.39, 0.29) is 24.6 Å². The van der Waals surface area contributed by atoms with Gasteiger partial charge in [-0.05, 0) is 31.0 Å². The Hall–Kier alpha value is -2.04. The van der Waals surface area contributed by atoms with Gasteiger partial charge in [0.25, 0.3) is 0 Å². The Morgan fingerprint density at radius 1 is 1.27 bits per heavy atom. The maximum atomic E-state index is 12.9. The molecule has 1 saturated heterocycles. The van der Waals surface area contributed by atoms with Crippen molar-refractivity contribution in [3.05, 3.63) is 34.4 Å². The number of aliphatic hydroxyl groups is 1. The van der Waals surface area contributed by atoms with Crippen molar-refractivity contribution in [3.63, 3.8) is 0 Å². The van der Waals surface area contributed by atoms with Crippen LogP contribution in [0.15, 0.2) is 33.6 Å². The number of aryl methyl sites for hydroxylation is 1. The van der Waals surface area contributed by atoms with E-state index in [0.29, 0.717) is 41.9 Å². The summed E-state index contributed by atoms with van der Waals surface area (Å²) in [6, 6.07) is 7.70. The summed E-state index contributed by atoms with van der Waals surface area (Å²) in [7, 11) is -1.14. The monoisotopic (exact) mass is 491 g/mol. The van der Waals surface area contributed by atoms with Crippen molar-refractivity contribution in [1.29, 1.82) is 0 Å². The molecule has 30 heavy (non-hydrogen) atoms. The van der Waals surface area contributed by atoms with Gasteiger partial charge in [-0.15, -0.1) is 0 Å². The Kier molecular flexibility index (Phi) is 5.03. The van der Waals surface area contributed by atoms with Crippen LogP contribution in [0, 0.1) is 0 Å². The van der Waals surface area contributed by atoms with Crippen molar-refractivity contribution in [2.45, 2.75) is 29.7 Å². The molecule has 1 saturated carbocycles. The molecule has 0 spiro atoms. The average molecular weight is 492 g/mol. The topological polar surface area (TPSA) is 98.7 Å². The van der Waals surface area contributed by atoms with Crippen LogP contribution in [-0.2, 0) is 22.0 Å². The van der Waals surface area contributed by atoms with Crippen molar-refractivity contribution >= 4 is 50.1 Å². The molecule has 158 valence electrons. The number of halogens is 1. The zero-order chi connectivity index (χ0) is 20.9. The Morgan fingerprint density at radius 2 is 2.10 bits per heavy atom. The number of carbonyl (C=O) groups is 1. The second-order valence-corrected chi connectivity index (χ2v) is 10.4. The zero-order valence-electron chi connectivity index (χ0n) is 16.3. The number of benzene rings is 1. The summed E-state index contributed by atoms with van der Waals surface area (Å²) in [5.74, 6) is 1.53. The summed E-state index contributed by atoms with van der Waals surface area (Å²) in [5, 5.41) is 13.0. The minimum Gasteiger partial charge on any atom is -0.394 e. The van der Waals surface area contributed by atoms with Gasteiger partial charge in [0, 0.05) is 35.4 Å². The number of nitrogens with zero attached hydrogens (tertiary/aromatic N) is 4. The lowest BCUT2D eigenvalue weighted by Gasteiger charge is -2.34. The van der Waals surface area contributed by atoms with Crippen LogP contribution in [0.1, 0.15) is 18.5 Å². The second-order valence-electron chi connectivity index (χ2n) is 7.96. The van der Waals surface area contributed by atoms with Gasteiger partial charge in [-0.25, -0.2) is 4.98 Å². The fraction of sp³-hybridized carbons (Fsp3) is 0.450. The van der Waals surface area contributed by atoms with Crippen molar-refractivity contribution in [2.24, 2.45) is 0 Å². The highest BCUT2D eigenvalue weighted by molar-refractivity contribution is 9.10. The van der Waals surface area contributed by atoms with Crippen molar-refractivity contribution < 1.29 is 14.1 Å². The molecule has 2 aromatic rings. The first-order valence-corrected chi connectivity index (χ1v) is 12.1. The third-order valence-electron chi connectivity index (χ3n) is 5.84. The normalized spacial score (nSPS) is 22.2. The molecule has 1 aromatic carbocycles. The van der Waals surface area contributed by atoms with Crippen LogP contribution >= 0.6 is 15.9 Å². The van der Waals surface area contributed by atoms with E-state index >= 15 is 0 Å². The molecule has 8 nitrogen and oxygen atoms in total. The lowest BCUT2D eigenvalue weighted by atomic mass is 10.2. The number of rotatable bonds is 5. The van der Waals surface area contributed by atoms with Gasteiger partial charge in [0.15, 0.2) is 0 Å². The first-order chi connectivity index (χ1) is 14.5. The standard InChI is InChI=1S/C20H22BrN5O3S/c21-13-2-1-3-14(10-13)26-8-7-25(11-16(26)28)19-22-15-4-9-30(29)17(15)18(23-19)24-20(12-27)5-6-20/h1-3,10,27H,4-9,11-12H2,(H,22,23,24). The fourth-order valence-corrected chi connectivity index (χ4v) is 5.59. The summed E-state index contributed by atoms with van der Waals surface area (Å²) < 4.78 is 13.4. The second kappa shape index (κ2) is 7.58. The maximum absolute atomic E-state index is 12.9. The van der Waals surface area contributed by atoms with Gasteiger partial charge in [0.2, 0.25) is 11.9 Å².